The average molecular weight is 273 g/mol. The van der Waals surface area contributed by atoms with Gasteiger partial charge in [-0.3, -0.25) is 4.79 Å². The number of para-hydroxylation sites is 1. The molecule has 0 radical (unpaired) electrons. The maximum Gasteiger partial charge on any atom is 0.228 e. The lowest BCUT2D eigenvalue weighted by Gasteiger charge is -2.17. The molecule has 2 unspecified atom stereocenters. The summed E-state index contributed by atoms with van der Waals surface area (Å²) in [5, 5.41) is 4.93. The SMILES string of the molecule is CC(N)C1CCN(C(=O)Cc2noc3ccccc23)C1. The molecule has 0 bridgehead atoms. The van der Waals surface area contributed by atoms with E-state index in [0.717, 1.165) is 36.2 Å². The van der Waals surface area contributed by atoms with Crippen LogP contribution in [0, 0.1) is 5.92 Å². The van der Waals surface area contributed by atoms with E-state index in [2.05, 4.69) is 5.16 Å². The summed E-state index contributed by atoms with van der Waals surface area (Å²) in [6, 6.07) is 7.75. The molecule has 0 saturated carbocycles. The van der Waals surface area contributed by atoms with Gasteiger partial charge in [-0.25, -0.2) is 0 Å². The highest BCUT2D eigenvalue weighted by molar-refractivity contribution is 5.86. The third kappa shape index (κ3) is 2.41. The van der Waals surface area contributed by atoms with Gasteiger partial charge in [0.25, 0.3) is 0 Å². The van der Waals surface area contributed by atoms with E-state index >= 15 is 0 Å². The lowest BCUT2D eigenvalue weighted by Crippen LogP contribution is -2.33. The minimum atomic E-state index is 0.104. The van der Waals surface area contributed by atoms with E-state index in [1.165, 1.54) is 0 Å². The predicted octanol–water partition coefficient (Wildman–Crippen LogP) is 1.57. The van der Waals surface area contributed by atoms with Crippen LogP contribution in [0.5, 0.6) is 0 Å². The van der Waals surface area contributed by atoms with Gasteiger partial charge in [-0.05, 0) is 31.4 Å². The third-order valence-electron chi connectivity index (χ3n) is 4.09. The Hall–Kier alpha value is -1.88. The van der Waals surface area contributed by atoms with Crippen LogP contribution in [0.25, 0.3) is 11.0 Å². The molecule has 2 heterocycles. The molecule has 2 aromatic rings. The van der Waals surface area contributed by atoms with Gasteiger partial charge in [-0.1, -0.05) is 17.3 Å². The lowest BCUT2D eigenvalue weighted by molar-refractivity contribution is -0.129. The molecule has 1 aromatic heterocycles. The minimum Gasteiger partial charge on any atom is -0.356 e. The van der Waals surface area contributed by atoms with Crippen LogP contribution in [-0.4, -0.2) is 35.1 Å². The van der Waals surface area contributed by atoms with Gasteiger partial charge in [-0.15, -0.1) is 0 Å². The van der Waals surface area contributed by atoms with Crippen molar-refractivity contribution in [3.8, 4) is 0 Å². The van der Waals surface area contributed by atoms with Gasteiger partial charge < -0.3 is 15.2 Å². The summed E-state index contributed by atoms with van der Waals surface area (Å²) < 4.78 is 5.23. The second-order valence-corrected chi connectivity index (χ2v) is 5.55. The van der Waals surface area contributed by atoms with E-state index in [4.69, 9.17) is 10.3 Å². The zero-order chi connectivity index (χ0) is 14.1. The van der Waals surface area contributed by atoms with Crippen molar-refractivity contribution in [2.75, 3.05) is 13.1 Å². The first-order valence-electron chi connectivity index (χ1n) is 7.02. The number of hydrogen-bond acceptors (Lipinski definition) is 4. The number of benzene rings is 1. The van der Waals surface area contributed by atoms with Crippen LogP contribution in [0.3, 0.4) is 0 Å². The van der Waals surface area contributed by atoms with Crippen LogP contribution in [-0.2, 0) is 11.2 Å². The van der Waals surface area contributed by atoms with Gasteiger partial charge in [0.05, 0.1) is 6.42 Å². The second kappa shape index (κ2) is 5.25. The summed E-state index contributed by atoms with van der Waals surface area (Å²) >= 11 is 0. The van der Waals surface area contributed by atoms with Crippen molar-refractivity contribution < 1.29 is 9.32 Å². The van der Waals surface area contributed by atoms with Gasteiger partial charge >= 0.3 is 0 Å². The van der Waals surface area contributed by atoms with Crippen molar-refractivity contribution in [3.05, 3.63) is 30.0 Å². The molecule has 20 heavy (non-hydrogen) atoms. The van der Waals surface area contributed by atoms with Gasteiger partial charge in [0, 0.05) is 24.5 Å². The minimum absolute atomic E-state index is 0.104. The Bertz CT molecular complexity index is 620. The fourth-order valence-corrected chi connectivity index (χ4v) is 2.76. The number of rotatable bonds is 3. The molecule has 2 atom stereocenters. The Balaban J connectivity index is 1.70. The molecular formula is C15H19N3O2. The molecule has 2 N–H and O–H groups in total. The van der Waals surface area contributed by atoms with E-state index in [1.54, 1.807) is 0 Å². The Morgan fingerprint density at radius 3 is 3.10 bits per heavy atom. The zero-order valence-corrected chi connectivity index (χ0v) is 11.6. The zero-order valence-electron chi connectivity index (χ0n) is 11.6. The van der Waals surface area contributed by atoms with Gasteiger partial charge in [0.1, 0.15) is 5.69 Å². The quantitative estimate of drug-likeness (QED) is 0.921. The van der Waals surface area contributed by atoms with E-state index in [-0.39, 0.29) is 11.9 Å². The van der Waals surface area contributed by atoms with Crippen molar-refractivity contribution >= 4 is 16.9 Å². The first-order chi connectivity index (χ1) is 9.65. The number of nitrogens with zero attached hydrogens (tertiary/aromatic N) is 2. The molecule has 1 saturated heterocycles. The lowest BCUT2D eigenvalue weighted by atomic mass is 10.0. The Labute approximate surface area is 117 Å². The number of nitrogens with two attached hydrogens (primary N) is 1. The first-order valence-corrected chi connectivity index (χ1v) is 7.02. The highest BCUT2D eigenvalue weighted by atomic mass is 16.5. The molecule has 1 aromatic carbocycles. The number of likely N-dealkylation sites (tertiary alicyclic amines) is 1. The fourth-order valence-electron chi connectivity index (χ4n) is 2.76. The molecule has 1 aliphatic heterocycles. The standard InChI is InChI=1S/C15H19N3O2/c1-10(16)11-6-7-18(9-11)15(19)8-13-12-4-2-3-5-14(12)20-17-13/h2-5,10-11H,6-9,16H2,1H3. The molecule has 3 rings (SSSR count). The predicted molar refractivity (Wildman–Crippen MR) is 76.0 cm³/mol. The summed E-state index contributed by atoms with van der Waals surface area (Å²) in [4.78, 5) is 14.2. The average Bonchev–Trinajstić information content (AvgIpc) is 3.06. The number of carbonyl (C=O) groups is 1. The van der Waals surface area contributed by atoms with Crippen molar-refractivity contribution in [1.29, 1.82) is 0 Å². The number of aromatic nitrogens is 1. The number of hydrogen-bond donors (Lipinski definition) is 1. The Kier molecular flexibility index (Phi) is 3.44. The summed E-state index contributed by atoms with van der Waals surface area (Å²) in [5.74, 6) is 0.514. The van der Waals surface area contributed by atoms with E-state index in [0.29, 0.717) is 12.3 Å². The van der Waals surface area contributed by atoms with Crippen molar-refractivity contribution in [3.63, 3.8) is 0 Å². The maximum absolute atomic E-state index is 12.3. The molecule has 1 amide bonds. The van der Waals surface area contributed by atoms with Crippen LogP contribution in [0.2, 0.25) is 0 Å². The molecule has 1 fully saturated rings. The van der Waals surface area contributed by atoms with E-state index in [1.807, 2.05) is 36.1 Å². The summed E-state index contributed by atoms with van der Waals surface area (Å²) in [6.45, 7) is 3.55. The summed E-state index contributed by atoms with van der Waals surface area (Å²) in [6.07, 6.45) is 1.28. The largest absolute Gasteiger partial charge is 0.356 e. The number of carbonyl (C=O) groups excluding carboxylic acids is 1. The summed E-state index contributed by atoms with van der Waals surface area (Å²) in [7, 11) is 0. The van der Waals surface area contributed by atoms with Crippen LogP contribution >= 0.6 is 0 Å². The van der Waals surface area contributed by atoms with Gasteiger partial charge in [0.15, 0.2) is 5.58 Å². The molecule has 1 aliphatic rings. The molecule has 0 spiro atoms. The van der Waals surface area contributed by atoms with Crippen molar-refractivity contribution in [2.24, 2.45) is 11.7 Å². The molecule has 0 aliphatic carbocycles. The smallest absolute Gasteiger partial charge is 0.228 e. The van der Waals surface area contributed by atoms with Crippen LogP contribution in [0.1, 0.15) is 19.0 Å². The first kappa shape index (κ1) is 13.1. The topological polar surface area (TPSA) is 72.4 Å². The van der Waals surface area contributed by atoms with Crippen LogP contribution in [0.15, 0.2) is 28.8 Å². The fraction of sp³-hybridized carbons (Fsp3) is 0.467. The number of amides is 1. The maximum atomic E-state index is 12.3. The number of fused-ring (bicyclic) bond motifs is 1. The second-order valence-electron chi connectivity index (χ2n) is 5.55. The molecule has 106 valence electrons. The molecule has 5 nitrogen and oxygen atoms in total. The van der Waals surface area contributed by atoms with Crippen LogP contribution < -0.4 is 5.73 Å². The van der Waals surface area contributed by atoms with Crippen molar-refractivity contribution in [1.82, 2.24) is 10.1 Å². The summed E-state index contributed by atoms with van der Waals surface area (Å²) in [5.41, 5.74) is 7.35. The van der Waals surface area contributed by atoms with Gasteiger partial charge in [0.2, 0.25) is 5.91 Å². The van der Waals surface area contributed by atoms with E-state index < -0.39 is 0 Å². The Morgan fingerprint density at radius 1 is 1.55 bits per heavy atom. The monoisotopic (exact) mass is 273 g/mol. The molecule has 5 heteroatoms. The highest BCUT2D eigenvalue weighted by Gasteiger charge is 2.28. The van der Waals surface area contributed by atoms with Crippen molar-refractivity contribution in [2.45, 2.75) is 25.8 Å². The Morgan fingerprint density at radius 2 is 2.35 bits per heavy atom. The normalized spacial score (nSPS) is 20.5. The van der Waals surface area contributed by atoms with Gasteiger partial charge in [-0.2, -0.15) is 0 Å². The van der Waals surface area contributed by atoms with Crippen LogP contribution in [0.4, 0.5) is 0 Å². The highest BCUT2D eigenvalue weighted by Crippen LogP contribution is 2.22. The molecular weight excluding hydrogens is 254 g/mol. The third-order valence-corrected chi connectivity index (χ3v) is 4.09. The van der Waals surface area contributed by atoms with E-state index in [9.17, 15) is 4.79 Å².